The average Bonchev–Trinajstić information content (AvgIpc) is 3.22. The minimum absolute atomic E-state index is 0.0591. The van der Waals surface area contributed by atoms with Crippen LogP contribution in [0.5, 0.6) is 0 Å². The highest BCUT2D eigenvalue weighted by atomic mass is 16.2. The molecule has 9 nitrogen and oxygen atoms in total. The van der Waals surface area contributed by atoms with Crippen molar-refractivity contribution in [2.75, 3.05) is 25.9 Å². The first-order chi connectivity index (χ1) is 12.6. The number of nitrogens with two attached hydrogens (primary N) is 1. The number of carbonyl (C=O) groups is 1. The molecule has 9 heteroatoms. The molecule has 3 rings (SSSR count). The Balaban J connectivity index is 1.63. The van der Waals surface area contributed by atoms with Gasteiger partial charge in [-0.05, 0) is 19.5 Å². The maximum Gasteiger partial charge on any atom is 0.274 e. The number of aromatic nitrogens is 4. The van der Waals surface area contributed by atoms with E-state index in [1.807, 2.05) is 18.0 Å². The predicted molar refractivity (Wildman–Crippen MR) is 102 cm³/mol. The molecule has 27 heavy (non-hydrogen) atoms. The molecule has 4 N–H and O–H groups in total. The third-order valence-electron chi connectivity index (χ3n) is 4.90. The zero-order valence-electron chi connectivity index (χ0n) is 16.2. The Morgan fingerprint density at radius 1 is 1.41 bits per heavy atom. The topological polar surface area (TPSA) is 124 Å². The van der Waals surface area contributed by atoms with E-state index in [0.29, 0.717) is 31.0 Å². The molecule has 0 radical (unpaired) electrons. The summed E-state index contributed by atoms with van der Waals surface area (Å²) in [5, 5.41) is 7.16. The lowest BCUT2D eigenvalue weighted by Gasteiger charge is -2.24. The quantitative estimate of drug-likeness (QED) is 0.725. The zero-order valence-corrected chi connectivity index (χ0v) is 16.2. The van der Waals surface area contributed by atoms with Crippen LogP contribution in [-0.2, 0) is 12.0 Å². The number of anilines is 1. The number of nitrogen functional groups attached to an aromatic ring is 1. The van der Waals surface area contributed by atoms with Crippen molar-refractivity contribution < 1.29 is 4.79 Å². The maximum atomic E-state index is 12.8. The molecule has 1 aliphatic heterocycles. The largest absolute Gasteiger partial charge is 0.369 e. The van der Waals surface area contributed by atoms with Crippen LogP contribution >= 0.6 is 0 Å². The number of likely N-dealkylation sites (N-methyl/N-ethyl adjacent to an activating group) is 1. The van der Waals surface area contributed by atoms with Gasteiger partial charge in [-0.2, -0.15) is 5.10 Å². The molecule has 1 aliphatic rings. The number of likely N-dealkylation sites (tertiary alicyclic amines) is 1. The van der Waals surface area contributed by atoms with Crippen LogP contribution in [0, 0.1) is 0 Å². The van der Waals surface area contributed by atoms with E-state index in [2.05, 4.69) is 45.8 Å². The Labute approximate surface area is 158 Å². The van der Waals surface area contributed by atoms with Crippen LogP contribution in [0.1, 0.15) is 49.1 Å². The van der Waals surface area contributed by atoms with Gasteiger partial charge in [0.1, 0.15) is 5.69 Å². The summed E-state index contributed by atoms with van der Waals surface area (Å²) in [6.07, 6.45) is 0.859. The van der Waals surface area contributed by atoms with E-state index in [-0.39, 0.29) is 28.9 Å². The second-order valence-electron chi connectivity index (χ2n) is 8.15. The lowest BCUT2D eigenvalue weighted by molar-refractivity contribution is 0.0773. The summed E-state index contributed by atoms with van der Waals surface area (Å²) in [4.78, 5) is 34.8. The van der Waals surface area contributed by atoms with Gasteiger partial charge in [0.2, 0.25) is 5.95 Å². The molecular formula is C18H27N7O2. The van der Waals surface area contributed by atoms with Gasteiger partial charge >= 0.3 is 0 Å². The fourth-order valence-electron chi connectivity index (χ4n) is 3.26. The lowest BCUT2D eigenvalue weighted by Crippen LogP contribution is -2.36. The molecule has 0 aliphatic carbocycles. The van der Waals surface area contributed by atoms with E-state index in [1.54, 1.807) is 0 Å². The lowest BCUT2D eigenvalue weighted by atomic mass is 9.92. The van der Waals surface area contributed by atoms with Crippen LogP contribution < -0.4 is 11.3 Å². The summed E-state index contributed by atoms with van der Waals surface area (Å²) in [5.74, 6) is 0.0542. The number of aromatic amines is 2. The Morgan fingerprint density at radius 2 is 2.15 bits per heavy atom. The number of amides is 1. The fourth-order valence-corrected chi connectivity index (χ4v) is 3.26. The van der Waals surface area contributed by atoms with Gasteiger partial charge in [-0.3, -0.25) is 24.6 Å². The first-order valence-corrected chi connectivity index (χ1v) is 9.04. The first kappa shape index (κ1) is 19.1. The second-order valence-corrected chi connectivity index (χ2v) is 8.15. The summed E-state index contributed by atoms with van der Waals surface area (Å²) in [5.41, 5.74) is 7.26. The highest BCUT2D eigenvalue weighted by molar-refractivity contribution is 5.92. The molecule has 2 aromatic heterocycles. The van der Waals surface area contributed by atoms with Crippen LogP contribution in [0.2, 0.25) is 0 Å². The maximum absolute atomic E-state index is 12.8. The Kier molecular flexibility index (Phi) is 5.05. The van der Waals surface area contributed by atoms with E-state index >= 15 is 0 Å². The Hall–Kier alpha value is -2.68. The molecule has 2 aromatic rings. The van der Waals surface area contributed by atoms with Gasteiger partial charge in [0.25, 0.3) is 11.5 Å². The highest BCUT2D eigenvalue weighted by Gasteiger charge is 2.31. The van der Waals surface area contributed by atoms with Crippen molar-refractivity contribution in [1.82, 2.24) is 30.0 Å². The minimum atomic E-state index is -0.262. The van der Waals surface area contributed by atoms with Gasteiger partial charge in [0.15, 0.2) is 0 Å². The fraction of sp³-hybridized carbons (Fsp3) is 0.556. The standard InChI is InChI=1S/C18H27N7O2/c1-18(2,3)14-8-13(22-23-14)16(27)25-6-5-12(10-25)24(4)9-11-7-15(26)21-17(19)20-11/h7-8,12H,5-6,9-10H2,1-4H3,(H,22,23)(H3,19,20,21,26)/t12-/m0/s1. The zero-order chi connectivity index (χ0) is 19.8. The van der Waals surface area contributed by atoms with E-state index in [0.717, 1.165) is 12.1 Å². The van der Waals surface area contributed by atoms with Gasteiger partial charge in [0, 0.05) is 42.9 Å². The predicted octanol–water partition coefficient (Wildman–Crippen LogP) is 0.719. The van der Waals surface area contributed by atoms with Gasteiger partial charge in [-0.1, -0.05) is 20.8 Å². The number of hydrogen-bond donors (Lipinski definition) is 3. The molecule has 146 valence electrons. The van der Waals surface area contributed by atoms with Gasteiger partial charge in [-0.25, -0.2) is 4.98 Å². The molecule has 1 atom stereocenters. The number of H-pyrrole nitrogens is 2. The highest BCUT2D eigenvalue weighted by Crippen LogP contribution is 2.22. The summed E-state index contributed by atoms with van der Waals surface area (Å²) in [7, 11) is 1.96. The minimum Gasteiger partial charge on any atom is -0.369 e. The summed E-state index contributed by atoms with van der Waals surface area (Å²) in [6.45, 7) is 8.01. The molecule has 0 bridgehead atoms. The Bertz CT molecular complexity index is 880. The van der Waals surface area contributed by atoms with Crippen molar-refractivity contribution >= 4 is 11.9 Å². The summed E-state index contributed by atoms with van der Waals surface area (Å²) in [6, 6.07) is 3.47. The monoisotopic (exact) mass is 373 g/mol. The van der Waals surface area contributed by atoms with E-state index < -0.39 is 0 Å². The van der Waals surface area contributed by atoms with Crippen molar-refractivity contribution in [2.24, 2.45) is 0 Å². The first-order valence-electron chi connectivity index (χ1n) is 9.04. The van der Waals surface area contributed by atoms with Crippen molar-refractivity contribution in [3.63, 3.8) is 0 Å². The van der Waals surface area contributed by atoms with Gasteiger partial charge < -0.3 is 10.6 Å². The Morgan fingerprint density at radius 3 is 2.78 bits per heavy atom. The third kappa shape index (κ3) is 4.36. The van der Waals surface area contributed by atoms with Crippen molar-refractivity contribution in [3.05, 3.63) is 39.6 Å². The number of hydrogen-bond acceptors (Lipinski definition) is 6. The van der Waals surface area contributed by atoms with E-state index in [4.69, 9.17) is 5.73 Å². The molecule has 1 amide bonds. The molecule has 1 fully saturated rings. The molecule has 1 saturated heterocycles. The van der Waals surface area contributed by atoms with Crippen LogP contribution in [0.25, 0.3) is 0 Å². The second kappa shape index (κ2) is 7.15. The van der Waals surface area contributed by atoms with Crippen molar-refractivity contribution in [1.29, 1.82) is 0 Å². The smallest absolute Gasteiger partial charge is 0.274 e. The number of rotatable bonds is 4. The van der Waals surface area contributed by atoms with Crippen LogP contribution in [0.15, 0.2) is 16.9 Å². The van der Waals surface area contributed by atoms with Crippen molar-refractivity contribution in [3.8, 4) is 0 Å². The van der Waals surface area contributed by atoms with E-state index in [1.165, 1.54) is 6.07 Å². The number of nitrogens with one attached hydrogen (secondary N) is 2. The van der Waals surface area contributed by atoms with Gasteiger partial charge in [0.05, 0.1) is 5.69 Å². The van der Waals surface area contributed by atoms with Crippen LogP contribution in [0.3, 0.4) is 0 Å². The normalized spacial score (nSPS) is 17.7. The third-order valence-corrected chi connectivity index (χ3v) is 4.90. The SMILES string of the molecule is CN(Cc1cc(=O)[nH]c(N)n1)[C@H]1CCN(C(=O)c2cc(C(C)(C)C)[nH]n2)C1. The van der Waals surface area contributed by atoms with Crippen molar-refractivity contribution in [2.45, 2.75) is 45.2 Å². The van der Waals surface area contributed by atoms with Crippen LogP contribution in [-0.4, -0.2) is 62.1 Å². The van der Waals surface area contributed by atoms with Crippen LogP contribution in [0.4, 0.5) is 5.95 Å². The number of carbonyl (C=O) groups excluding carboxylic acids is 1. The summed E-state index contributed by atoms with van der Waals surface area (Å²) >= 11 is 0. The molecule has 0 spiro atoms. The molecule has 3 heterocycles. The average molecular weight is 373 g/mol. The van der Waals surface area contributed by atoms with Gasteiger partial charge in [-0.15, -0.1) is 0 Å². The molecular weight excluding hydrogens is 346 g/mol. The molecule has 0 saturated carbocycles. The number of nitrogens with zero attached hydrogens (tertiary/aromatic N) is 4. The molecule has 0 unspecified atom stereocenters. The van der Waals surface area contributed by atoms with E-state index in [9.17, 15) is 9.59 Å². The molecule has 0 aromatic carbocycles. The summed E-state index contributed by atoms with van der Waals surface area (Å²) < 4.78 is 0.